The number of benzene rings is 3. The average molecular weight is 1440 g/mol. The summed E-state index contributed by atoms with van der Waals surface area (Å²) in [6.45, 7) is 21.5. The highest BCUT2D eigenvalue weighted by atomic mass is 16.6. The van der Waals surface area contributed by atoms with Gasteiger partial charge in [-0.2, -0.15) is 0 Å². The minimum absolute atomic E-state index is 0.00239. The standard InChI is InChI=1S/C27H38N4O6.C27H34N4O6.C22H30N4O4/c2*1-17(36-19-13-15-30(16-14-19)26(35)37-27(2,3)4)9-10-18-7-6-8-20-23(18)29(5)25(34)31(20)21-11-12-22(32)28-24(21)33;1-14(30-16-10-12-23-13-11-16)6-7-15-4-3-5-17-20(15)25(2)22(29)26(17)18-8-9-19(27)24-21(18)28/h6-8,17,19,21H,9-16H2,1-5H3,(H,28,32,33);6-8,17,19,21H,11-16H2,1-5H3,(H,28,32,33);3-5,14,16,18,23H,6-13H2,1-2H3,(H,24,27,28)/t2*17-,21?;14-,18?/m111/s1. The minimum atomic E-state index is -0.745. The lowest BCUT2D eigenvalue weighted by Crippen LogP contribution is -2.44. The Labute approximate surface area is 604 Å². The van der Waals surface area contributed by atoms with Crippen LogP contribution in [0, 0.1) is 11.8 Å². The maximum Gasteiger partial charge on any atom is 0.410 e. The highest BCUT2D eigenvalue weighted by molar-refractivity contribution is 6.02. The number of hydrogen-bond acceptors (Lipinski definition) is 17. The molecule has 0 saturated carbocycles. The summed E-state index contributed by atoms with van der Waals surface area (Å²) in [6, 6.07) is 14.9. The van der Waals surface area contributed by atoms with Crippen LogP contribution < -0.4 is 38.3 Å². The number of carbonyl (C=O) groups is 8. The summed E-state index contributed by atoms with van der Waals surface area (Å²) in [5.74, 6) is 4.04. The van der Waals surface area contributed by atoms with Crippen LogP contribution in [-0.2, 0) is 86.4 Å². The maximum absolute atomic E-state index is 13.1. The van der Waals surface area contributed by atoms with Crippen LogP contribution >= 0.6 is 0 Å². The lowest BCUT2D eigenvalue weighted by Gasteiger charge is -2.34. The molecule has 6 aliphatic heterocycles. The van der Waals surface area contributed by atoms with Crippen molar-refractivity contribution in [1.29, 1.82) is 0 Å². The minimum Gasteiger partial charge on any atom is -0.444 e. The van der Waals surface area contributed by atoms with Crippen LogP contribution in [0.5, 0.6) is 0 Å². The average Bonchev–Trinajstić information content (AvgIpc) is 1.62. The number of rotatable bonds is 15. The van der Waals surface area contributed by atoms with E-state index >= 15 is 0 Å². The number of aryl methyl sites for hydroxylation is 5. The van der Waals surface area contributed by atoms with E-state index < -0.39 is 47.0 Å². The third kappa shape index (κ3) is 18.7. The molecule has 562 valence electrons. The number of para-hydroxylation sites is 3. The second kappa shape index (κ2) is 33.3. The first-order chi connectivity index (χ1) is 49.3. The molecule has 0 aliphatic carbocycles. The molecular formula is C76H102N12O16. The lowest BCUT2D eigenvalue weighted by atomic mass is 10.0. The number of imidazole rings is 3. The smallest absolute Gasteiger partial charge is 0.410 e. The molecule has 0 radical (unpaired) electrons. The van der Waals surface area contributed by atoms with Gasteiger partial charge >= 0.3 is 29.3 Å². The van der Waals surface area contributed by atoms with E-state index in [2.05, 4.69) is 40.0 Å². The Balaban J connectivity index is 0.000000168. The normalized spacial score (nSPS) is 20.5. The lowest BCUT2D eigenvalue weighted by molar-refractivity contribution is -0.137. The van der Waals surface area contributed by atoms with Crippen molar-refractivity contribution in [3.8, 4) is 11.8 Å². The topological polar surface area (TPSA) is 318 Å². The van der Waals surface area contributed by atoms with Crippen molar-refractivity contribution in [2.75, 3.05) is 39.3 Å². The number of nitrogens with one attached hydrogen (secondary N) is 4. The second-order valence-electron chi connectivity index (χ2n) is 30.1. The van der Waals surface area contributed by atoms with Gasteiger partial charge in [0, 0.05) is 66.6 Å². The van der Waals surface area contributed by atoms with Crippen molar-refractivity contribution < 1.29 is 62.0 Å². The Bertz CT molecular complexity index is 4450. The van der Waals surface area contributed by atoms with Gasteiger partial charge in [-0.25, -0.2) is 24.0 Å². The van der Waals surface area contributed by atoms with Crippen LogP contribution in [0.4, 0.5) is 9.59 Å². The van der Waals surface area contributed by atoms with Gasteiger partial charge in [0.05, 0.1) is 69.2 Å². The number of amides is 8. The van der Waals surface area contributed by atoms with Crippen molar-refractivity contribution in [2.45, 2.75) is 231 Å². The van der Waals surface area contributed by atoms with E-state index in [0.717, 1.165) is 85.7 Å². The summed E-state index contributed by atoms with van der Waals surface area (Å²) < 4.78 is 38.7. The Hall–Kier alpha value is -9.17. The number of fused-ring (bicyclic) bond motifs is 3. The highest BCUT2D eigenvalue weighted by Crippen LogP contribution is 2.31. The largest absolute Gasteiger partial charge is 0.444 e. The van der Waals surface area contributed by atoms with Crippen LogP contribution in [0.25, 0.3) is 33.1 Å². The zero-order valence-electron chi connectivity index (χ0n) is 62.1. The fourth-order valence-electron chi connectivity index (χ4n) is 14.6. The van der Waals surface area contributed by atoms with Crippen LogP contribution in [-0.4, -0.2) is 172 Å². The molecule has 0 spiro atoms. The summed E-state index contributed by atoms with van der Waals surface area (Å²) in [5, 5.41) is 10.4. The number of nitrogens with zero attached hydrogens (tertiary/aromatic N) is 8. The van der Waals surface area contributed by atoms with Crippen LogP contribution in [0.15, 0.2) is 69.0 Å². The molecule has 6 saturated heterocycles. The molecule has 6 atom stereocenters. The molecule has 6 aromatic rings. The third-order valence-corrected chi connectivity index (χ3v) is 19.8. The van der Waals surface area contributed by atoms with Gasteiger partial charge in [-0.15, -0.1) is 0 Å². The summed E-state index contributed by atoms with van der Waals surface area (Å²) >= 11 is 0. The maximum atomic E-state index is 13.1. The first-order valence-electron chi connectivity index (χ1n) is 36.6. The van der Waals surface area contributed by atoms with E-state index in [-0.39, 0.29) is 103 Å². The fraction of sp³-hybridized carbons (Fsp3) is 0.592. The number of hydrogen-bond donors (Lipinski definition) is 4. The molecule has 4 N–H and O–H groups in total. The van der Waals surface area contributed by atoms with Crippen molar-refractivity contribution in [3.63, 3.8) is 0 Å². The van der Waals surface area contributed by atoms with Gasteiger partial charge in [0.2, 0.25) is 35.4 Å². The number of ether oxygens (including phenoxy) is 5. The molecule has 9 heterocycles. The van der Waals surface area contributed by atoms with Gasteiger partial charge in [-0.05, 0) is 194 Å². The summed E-state index contributed by atoms with van der Waals surface area (Å²) in [5.41, 5.74) is 5.18. The Morgan fingerprint density at radius 3 is 1.19 bits per heavy atom. The van der Waals surface area contributed by atoms with Gasteiger partial charge in [0.15, 0.2) is 0 Å². The van der Waals surface area contributed by atoms with E-state index in [9.17, 15) is 52.7 Å². The molecule has 0 bridgehead atoms. The Morgan fingerprint density at radius 2 is 0.817 bits per heavy atom. The molecule has 28 nitrogen and oxygen atoms in total. The zero-order valence-corrected chi connectivity index (χ0v) is 62.1. The van der Waals surface area contributed by atoms with Crippen LogP contribution in [0.2, 0.25) is 0 Å². The SMILES string of the molecule is C[C@H](C#Cc1cccc2c1n(C)c(=O)n2C1CCC(=O)NC1=O)OC1CCN(C(=O)OC(C)(C)C)CC1.C[C@H](CCc1cccc2c1n(C)c(=O)n2C1CCC(=O)NC1=O)OC1CCN(C(=O)OC(C)(C)C)CC1.C[C@H](CCc1cccc2c1n(C)c(=O)n2C1CCC(=O)NC1=O)OC1CCNCC1. The first-order valence-corrected chi connectivity index (χ1v) is 36.6. The molecular weight excluding hydrogens is 1340 g/mol. The van der Waals surface area contributed by atoms with Crippen molar-refractivity contribution in [3.05, 3.63) is 103 Å². The van der Waals surface area contributed by atoms with Gasteiger partial charge in [-0.3, -0.25) is 72.1 Å². The number of likely N-dealkylation sites (tertiary alicyclic amines) is 2. The second-order valence-corrected chi connectivity index (χ2v) is 30.1. The summed E-state index contributed by atoms with van der Waals surface area (Å²) in [4.78, 5) is 139. The van der Waals surface area contributed by atoms with Gasteiger partial charge in [-0.1, -0.05) is 42.2 Å². The molecule has 6 aliphatic rings. The van der Waals surface area contributed by atoms with E-state index in [1.54, 1.807) is 52.2 Å². The third-order valence-electron chi connectivity index (χ3n) is 19.8. The number of carbonyl (C=O) groups excluding carboxylic acids is 8. The molecule has 8 amide bonds. The number of piperidine rings is 6. The van der Waals surface area contributed by atoms with Gasteiger partial charge in [0.1, 0.15) is 35.4 Å². The molecule has 3 aromatic heterocycles. The van der Waals surface area contributed by atoms with E-state index in [0.29, 0.717) is 86.5 Å². The Kier molecular flexibility index (Phi) is 24.8. The predicted octanol–water partition coefficient (Wildman–Crippen LogP) is 6.94. The highest BCUT2D eigenvalue weighted by Gasteiger charge is 2.36. The molecule has 6 fully saturated rings. The van der Waals surface area contributed by atoms with Crippen molar-refractivity contribution in [1.82, 2.24) is 58.5 Å². The molecule has 28 heteroatoms. The van der Waals surface area contributed by atoms with Gasteiger partial charge < -0.3 is 38.8 Å². The monoisotopic (exact) mass is 1440 g/mol. The van der Waals surface area contributed by atoms with E-state index in [4.69, 9.17) is 23.7 Å². The van der Waals surface area contributed by atoms with Crippen LogP contribution in [0.3, 0.4) is 0 Å². The van der Waals surface area contributed by atoms with Crippen LogP contribution in [0.1, 0.15) is 187 Å². The van der Waals surface area contributed by atoms with E-state index in [1.807, 2.05) is 97.9 Å². The molecule has 12 rings (SSSR count). The number of aromatic nitrogens is 6. The van der Waals surface area contributed by atoms with Gasteiger partial charge in [0.25, 0.3) is 0 Å². The molecule has 3 aromatic carbocycles. The Morgan fingerprint density at radius 1 is 0.471 bits per heavy atom. The van der Waals surface area contributed by atoms with Crippen molar-refractivity contribution in [2.24, 2.45) is 21.1 Å². The quantitative estimate of drug-likeness (QED) is 0.0598. The summed E-state index contributed by atoms with van der Waals surface area (Å²) in [6.07, 6.45) is 9.30. The molecule has 104 heavy (non-hydrogen) atoms. The fourth-order valence-corrected chi connectivity index (χ4v) is 14.6. The van der Waals surface area contributed by atoms with Crippen molar-refractivity contribution >= 4 is 80.7 Å². The number of imide groups is 3. The summed E-state index contributed by atoms with van der Waals surface area (Å²) in [7, 11) is 5.11. The predicted molar refractivity (Wildman–Crippen MR) is 389 cm³/mol. The zero-order chi connectivity index (χ0) is 75.1. The molecule has 3 unspecified atom stereocenters. The van der Waals surface area contributed by atoms with E-state index in [1.165, 1.54) is 18.3 Å². The first kappa shape index (κ1) is 77.4.